The first kappa shape index (κ1) is 10.8. The van der Waals surface area contributed by atoms with E-state index < -0.39 is 17.9 Å². The van der Waals surface area contributed by atoms with Crippen LogP contribution in [0, 0.1) is 11.8 Å². The quantitative estimate of drug-likeness (QED) is 0.849. The molecule has 0 aliphatic rings. The average Bonchev–Trinajstić information content (AvgIpc) is 2.64. The number of benzene rings is 1. The highest BCUT2D eigenvalue weighted by Crippen LogP contribution is 2.22. The van der Waals surface area contributed by atoms with Gasteiger partial charge < -0.3 is 5.11 Å². The Bertz CT molecular complexity index is 508. The van der Waals surface area contributed by atoms with Gasteiger partial charge in [-0.25, -0.2) is 9.07 Å². The zero-order chi connectivity index (χ0) is 11.7. The molecule has 1 N–H and O–H groups in total. The van der Waals surface area contributed by atoms with E-state index in [2.05, 4.69) is 5.10 Å². The molecule has 16 heavy (non-hydrogen) atoms. The highest BCUT2D eigenvalue weighted by atomic mass is 19.1. The lowest BCUT2D eigenvalue weighted by molar-refractivity contribution is 0.198. The van der Waals surface area contributed by atoms with Crippen molar-refractivity contribution < 1.29 is 13.9 Å². The van der Waals surface area contributed by atoms with Gasteiger partial charge in [0.25, 0.3) is 0 Å². The van der Waals surface area contributed by atoms with Crippen molar-refractivity contribution in [1.29, 1.82) is 0 Å². The number of aliphatic hydroxyl groups is 1. The molecule has 1 atom stereocenters. The summed E-state index contributed by atoms with van der Waals surface area (Å²) in [5.74, 6) is -1.08. The topological polar surface area (TPSA) is 38.0 Å². The van der Waals surface area contributed by atoms with Crippen LogP contribution in [0.25, 0.3) is 5.69 Å². The molecular formula is C11H10F2N2O. The molecule has 1 unspecified atom stereocenters. The Balaban J connectivity index is 2.56. The molecule has 0 saturated heterocycles. The van der Waals surface area contributed by atoms with E-state index in [9.17, 15) is 13.9 Å². The van der Waals surface area contributed by atoms with Crippen LogP contribution in [0.2, 0.25) is 0 Å². The van der Waals surface area contributed by atoms with Gasteiger partial charge in [-0.1, -0.05) is 0 Å². The summed E-state index contributed by atoms with van der Waals surface area (Å²) in [6.45, 7) is 1.51. The van der Waals surface area contributed by atoms with Crippen molar-refractivity contribution in [2.75, 3.05) is 0 Å². The second-order valence-electron chi connectivity index (χ2n) is 3.46. The number of hydrogen-bond donors (Lipinski definition) is 1. The Labute approximate surface area is 91.0 Å². The monoisotopic (exact) mass is 224 g/mol. The number of aromatic nitrogens is 2. The molecule has 0 spiro atoms. The predicted molar refractivity (Wildman–Crippen MR) is 54.1 cm³/mol. The molecule has 0 aliphatic carbocycles. The van der Waals surface area contributed by atoms with Crippen LogP contribution in [0.4, 0.5) is 8.78 Å². The first-order valence-corrected chi connectivity index (χ1v) is 4.77. The molecule has 0 aliphatic heterocycles. The first-order valence-electron chi connectivity index (χ1n) is 4.77. The van der Waals surface area contributed by atoms with E-state index in [0.29, 0.717) is 11.3 Å². The Hall–Kier alpha value is -1.75. The normalized spacial score (nSPS) is 12.8. The van der Waals surface area contributed by atoms with Gasteiger partial charge in [0.2, 0.25) is 5.95 Å². The van der Waals surface area contributed by atoms with Gasteiger partial charge in [0.15, 0.2) is 0 Å². The molecule has 84 valence electrons. The number of aliphatic hydroxyl groups excluding tert-OH is 1. The second-order valence-corrected chi connectivity index (χ2v) is 3.46. The van der Waals surface area contributed by atoms with E-state index in [0.717, 1.165) is 0 Å². The van der Waals surface area contributed by atoms with Crippen LogP contribution in [0.3, 0.4) is 0 Å². The third-order valence-corrected chi connectivity index (χ3v) is 2.24. The van der Waals surface area contributed by atoms with Gasteiger partial charge in [-0.3, -0.25) is 0 Å². The predicted octanol–water partition coefficient (Wildman–Crippen LogP) is 2.20. The van der Waals surface area contributed by atoms with Gasteiger partial charge in [0.1, 0.15) is 5.82 Å². The molecule has 1 aromatic heterocycles. The second kappa shape index (κ2) is 4.02. The van der Waals surface area contributed by atoms with Gasteiger partial charge in [0.05, 0.1) is 11.8 Å². The Morgan fingerprint density at radius 1 is 1.31 bits per heavy atom. The molecule has 0 saturated carbocycles. The summed E-state index contributed by atoms with van der Waals surface area (Å²) in [6, 6.07) is 5.08. The van der Waals surface area contributed by atoms with Crippen LogP contribution < -0.4 is 0 Å². The molecule has 1 aromatic carbocycles. The Kier molecular flexibility index (Phi) is 2.70. The van der Waals surface area contributed by atoms with E-state index in [1.807, 2.05) is 0 Å². The van der Waals surface area contributed by atoms with Crippen LogP contribution in [0.5, 0.6) is 0 Å². The van der Waals surface area contributed by atoms with Gasteiger partial charge in [-0.15, -0.1) is 5.10 Å². The number of rotatable bonds is 2. The molecular weight excluding hydrogens is 214 g/mol. The number of halogens is 2. The SMILES string of the molecule is CC(O)c1cc(F)ccc1-n1ccc(F)n1. The maximum Gasteiger partial charge on any atom is 0.233 e. The molecule has 2 aromatic rings. The van der Waals surface area contributed by atoms with Crippen molar-refractivity contribution in [3.8, 4) is 5.69 Å². The fraction of sp³-hybridized carbons (Fsp3) is 0.182. The van der Waals surface area contributed by atoms with Crippen LogP contribution in [0.15, 0.2) is 30.5 Å². The molecule has 0 bridgehead atoms. The van der Waals surface area contributed by atoms with Gasteiger partial charge in [-0.2, -0.15) is 4.39 Å². The molecule has 0 radical (unpaired) electrons. The molecule has 0 fully saturated rings. The van der Waals surface area contributed by atoms with Crippen molar-refractivity contribution in [2.24, 2.45) is 0 Å². The zero-order valence-corrected chi connectivity index (χ0v) is 8.56. The smallest absolute Gasteiger partial charge is 0.233 e. The third-order valence-electron chi connectivity index (χ3n) is 2.24. The minimum Gasteiger partial charge on any atom is -0.389 e. The summed E-state index contributed by atoms with van der Waals surface area (Å²) in [4.78, 5) is 0. The van der Waals surface area contributed by atoms with Crippen molar-refractivity contribution in [2.45, 2.75) is 13.0 Å². The van der Waals surface area contributed by atoms with Crippen LogP contribution in [-0.4, -0.2) is 14.9 Å². The Morgan fingerprint density at radius 2 is 2.06 bits per heavy atom. The molecule has 2 rings (SSSR count). The van der Waals surface area contributed by atoms with Gasteiger partial charge in [-0.05, 0) is 25.1 Å². The Morgan fingerprint density at radius 3 is 2.62 bits per heavy atom. The number of hydrogen-bond acceptors (Lipinski definition) is 2. The lowest BCUT2D eigenvalue weighted by Crippen LogP contribution is -2.04. The van der Waals surface area contributed by atoms with Crippen molar-refractivity contribution in [1.82, 2.24) is 9.78 Å². The van der Waals surface area contributed by atoms with Crippen LogP contribution >= 0.6 is 0 Å². The van der Waals surface area contributed by atoms with Gasteiger partial charge in [0, 0.05) is 17.8 Å². The van der Waals surface area contributed by atoms with Crippen molar-refractivity contribution >= 4 is 0 Å². The van der Waals surface area contributed by atoms with Crippen LogP contribution in [-0.2, 0) is 0 Å². The molecule has 0 amide bonds. The summed E-state index contributed by atoms with van der Waals surface area (Å²) >= 11 is 0. The maximum atomic E-state index is 13.0. The van der Waals surface area contributed by atoms with Crippen molar-refractivity contribution in [3.05, 3.63) is 47.8 Å². The molecule has 1 heterocycles. The number of nitrogens with zero attached hydrogens (tertiary/aromatic N) is 2. The summed E-state index contributed by atoms with van der Waals surface area (Å²) < 4.78 is 27.0. The maximum absolute atomic E-state index is 13.0. The van der Waals surface area contributed by atoms with E-state index in [4.69, 9.17) is 0 Å². The highest BCUT2D eigenvalue weighted by molar-refractivity contribution is 5.41. The largest absolute Gasteiger partial charge is 0.389 e. The van der Waals surface area contributed by atoms with E-state index in [-0.39, 0.29) is 0 Å². The minimum absolute atomic E-state index is 0.364. The molecule has 5 heteroatoms. The lowest BCUT2D eigenvalue weighted by atomic mass is 10.1. The first-order chi connectivity index (χ1) is 7.58. The molecule has 3 nitrogen and oxygen atoms in total. The summed E-state index contributed by atoms with van der Waals surface area (Å²) in [5.41, 5.74) is 0.823. The standard InChI is InChI=1S/C11H10F2N2O/c1-7(16)9-6-8(12)2-3-10(9)15-5-4-11(13)14-15/h2-7,16H,1H3. The highest BCUT2D eigenvalue weighted by Gasteiger charge is 2.11. The minimum atomic E-state index is -0.849. The lowest BCUT2D eigenvalue weighted by Gasteiger charge is -2.11. The average molecular weight is 224 g/mol. The van der Waals surface area contributed by atoms with E-state index in [1.54, 1.807) is 0 Å². The summed E-state index contributed by atoms with van der Waals surface area (Å²) in [5, 5.41) is 13.1. The van der Waals surface area contributed by atoms with Gasteiger partial charge >= 0.3 is 0 Å². The summed E-state index contributed by atoms with van der Waals surface area (Å²) in [7, 11) is 0. The fourth-order valence-corrected chi connectivity index (χ4v) is 1.50. The van der Waals surface area contributed by atoms with Crippen molar-refractivity contribution in [3.63, 3.8) is 0 Å². The third kappa shape index (κ3) is 1.94. The fourth-order valence-electron chi connectivity index (χ4n) is 1.50. The zero-order valence-electron chi connectivity index (χ0n) is 8.56. The van der Waals surface area contributed by atoms with E-state index in [1.165, 1.54) is 42.1 Å². The van der Waals surface area contributed by atoms with E-state index >= 15 is 0 Å². The summed E-state index contributed by atoms with van der Waals surface area (Å²) in [6.07, 6.45) is 0.562. The van der Waals surface area contributed by atoms with Crippen LogP contribution in [0.1, 0.15) is 18.6 Å².